The van der Waals surface area contributed by atoms with Crippen LogP contribution in [0.25, 0.3) is 0 Å². The number of rotatable bonds is 4. The van der Waals surface area contributed by atoms with Crippen molar-refractivity contribution in [1.82, 2.24) is 10.2 Å². The molecule has 1 N–H and O–H groups in total. The van der Waals surface area contributed by atoms with Gasteiger partial charge in [0.1, 0.15) is 0 Å². The van der Waals surface area contributed by atoms with Crippen LogP contribution in [-0.4, -0.2) is 37.0 Å². The van der Waals surface area contributed by atoms with Gasteiger partial charge in [0.25, 0.3) is 0 Å². The van der Waals surface area contributed by atoms with Crippen molar-refractivity contribution in [1.29, 1.82) is 0 Å². The second-order valence-electron chi connectivity index (χ2n) is 5.98. The SMILES string of the molecule is CCNC(=NCC1CC1)N1CCC(c2ccccc2)C1. The van der Waals surface area contributed by atoms with Crippen LogP contribution in [-0.2, 0) is 0 Å². The highest BCUT2D eigenvalue weighted by Crippen LogP contribution is 2.30. The summed E-state index contributed by atoms with van der Waals surface area (Å²) in [6.07, 6.45) is 3.98. The third-order valence-corrected chi connectivity index (χ3v) is 4.29. The predicted molar refractivity (Wildman–Crippen MR) is 84.1 cm³/mol. The van der Waals surface area contributed by atoms with E-state index >= 15 is 0 Å². The monoisotopic (exact) mass is 271 g/mol. The maximum absolute atomic E-state index is 4.82. The average molecular weight is 271 g/mol. The quantitative estimate of drug-likeness (QED) is 0.673. The lowest BCUT2D eigenvalue weighted by molar-refractivity contribution is 0.485. The zero-order chi connectivity index (χ0) is 13.8. The van der Waals surface area contributed by atoms with E-state index in [9.17, 15) is 0 Å². The molecule has 0 amide bonds. The van der Waals surface area contributed by atoms with Crippen LogP contribution in [0.4, 0.5) is 0 Å². The second kappa shape index (κ2) is 6.29. The molecular weight excluding hydrogens is 246 g/mol. The van der Waals surface area contributed by atoms with Crippen molar-refractivity contribution in [3.8, 4) is 0 Å². The molecule has 1 aromatic rings. The van der Waals surface area contributed by atoms with Gasteiger partial charge in [-0.05, 0) is 37.7 Å². The summed E-state index contributed by atoms with van der Waals surface area (Å²) in [6.45, 7) is 6.33. The van der Waals surface area contributed by atoms with E-state index in [-0.39, 0.29) is 0 Å². The molecule has 0 radical (unpaired) electrons. The molecule has 0 spiro atoms. The first-order valence-corrected chi connectivity index (χ1v) is 7.95. The largest absolute Gasteiger partial charge is 0.357 e. The molecule has 1 aromatic carbocycles. The number of hydrogen-bond donors (Lipinski definition) is 1. The van der Waals surface area contributed by atoms with E-state index < -0.39 is 0 Å². The Morgan fingerprint density at radius 3 is 2.75 bits per heavy atom. The van der Waals surface area contributed by atoms with Crippen molar-refractivity contribution in [2.45, 2.75) is 32.1 Å². The Kier molecular flexibility index (Phi) is 4.24. The third kappa shape index (κ3) is 3.33. The van der Waals surface area contributed by atoms with Gasteiger partial charge in [0, 0.05) is 32.1 Å². The van der Waals surface area contributed by atoms with E-state index in [1.165, 1.54) is 24.8 Å². The van der Waals surface area contributed by atoms with E-state index in [1.54, 1.807) is 0 Å². The van der Waals surface area contributed by atoms with Gasteiger partial charge in [-0.15, -0.1) is 0 Å². The lowest BCUT2D eigenvalue weighted by Crippen LogP contribution is -2.40. The summed E-state index contributed by atoms with van der Waals surface area (Å²) in [7, 11) is 0. The summed E-state index contributed by atoms with van der Waals surface area (Å²) < 4.78 is 0. The fraction of sp³-hybridized carbons (Fsp3) is 0.588. The van der Waals surface area contributed by atoms with Crippen LogP contribution in [0, 0.1) is 5.92 Å². The molecule has 1 atom stereocenters. The van der Waals surface area contributed by atoms with Crippen LogP contribution < -0.4 is 5.32 Å². The molecule has 2 fully saturated rings. The molecule has 0 aromatic heterocycles. The van der Waals surface area contributed by atoms with Crippen LogP contribution >= 0.6 is 0 Å². The molecule has 2 aliphatic rings. The number of nitrogens with zero attached hydrogens (tertiary/aromatic N) is 2. The molecule has 108 valence electrons. The average Bonchev–Trinajstić information content (AvgIpc) is 3.19. The summed E-state index contributed by atoms with van der Waals surface area (Å²) in [6, 6.07) is 10.9. The summed E-state index contributed by atoms with van der Waals surface area (Å²) in [5, 5.41) is 3.46. The molecule has 1 aliphatic heterocycles. The molecule has 1 saturated heterocycles. The maximum atomic E-state index is 4.82. The van der Waals surface area contributed by atoms with Gasteiger partial charge in [-0.1, -0.05) is 30.3 Å². The Balaban J connectivity index is 1.63. The first-order chi connectivity index (χ1) is 9.86. The minimum absolute atomic E-state index is 0.654. The molecular formula is C17H25N3. The maximum Gasteiger partial charge on any atom is 0.193 e. The van der Waals surface area contributed by atoms with Crippen molar-refractivity contribution in [2.75, 3.05) is 26.2 Å². The molecule has 3 heteroatoms. The van der Waals surface area contributed by atoms with Gasteiger partial charge in [0.05, 0.1) is 0 Å². The molecule has 1 aliphatic carbocycles. The topological polar surface area (TPSA) is 27.6 Å². The highest BCUT2D eigenvalue weighted by Gasteiger charge is 2.27. The van der Waals surface area contributed by atoms with Gasteiger partial charge >= 0.3 is 0 Å². The smallest absolute Gasteiger partial charge is 0.193 e. The van der Waals surface area contributed by atoms with Crippen molar-refractivity contribution in [3.05, 3.63) is 35.9 Å². The van der Waals surface area contributed by atoms with Crippen LogP contribution in [0.15, 0.2) is 35.3 Å². The first-order valence-electron chi connectivity index (χ1n) is 7.95. The van der Waals surface area contributed by atoms with Crippen molar-refractivity contribution >= 4 is 5.96 Å². The Hall–Kier alpha value is -1.51. The first kappa shape index (κ1) is 13.5. The molecule has 20 heavy (non-hydrogen) atoms. The third-order valence-electron chi connectivity index (χ3n) is 4.29. The number of likely N-dealkylation sites (tertiary alicyclic amines) is 1. The van der Waals surface area contributed by atoms with E-state index in [1.807, 2.05) is 0 Å². The fourth-order valence-corrected chi connectivity index (χ4v) is 2.89. The Labute approximate surface area is 122 Å². The number of guanidine groups is 1. The Morgan fingerprint density at radius 1 is 1.25 bits per heavy atom. The van der Waals surface area contributed by atoms with E-state index in [0.29, 0.717) is 5.92 Å². The summed E-state index contributed by atoms with van der Waals surface area (Å²) in [4.78, 5) is 7.25. The molecule has 1 saturated carbocycles. The molecule has 3 rings (SSSR count). The Bertz CT molecular complexity index is 451. The molecule has 1 unspecified atom stereocenters. The fourth-order valence-electron chi connectivity index (χ4n) is 2.89. The number of benzene rings is 1. The van der Waals surface area contributed by atoms with Gasteiger partial charge in [-0.3, -0.25) is 4.99 Å². The van der Waals surface area contributed by atoms with Gasteiger partial charge in [-0.25, -0.2) is 0 Å². The number of nitrogens with one attached hydrogen (secondary N) is 1. The van der Waals surface area contributed by atoms with E-state index in [4.69, 9.17) is 4.99 Å². The minimum atomic E-state index is 0.654. The van der Waals surface area contributed by atoms with Gasteiger partial charge in [-0.2, -0.15) is 0 Å². The van der Waals surface area contributed by atoms with Crippen LogP contribution in [0.5, 0.6) is 0 Å². The van der Waals surface area contributed by atoms with Gasteiger partial charge in [0.15, 0.2) is 5.96 Å². The zero-order valence-corrected chi connectivity index (χ0v) is 12.4. The van der Waals surface area contributed by atoms with E-state index in [2.05, 4.69) is 47.5 Å². The standard InChI is InChI=1S/C17H25N3/c1-2-18-17(19-12-14-8-9-14)20-11-10-16(13-20)15-6-4-3-5-7-15/h3-7,14,16H,2,8-13H2,1H3,(H,18,19). The highest BCUT2D eigenvalue weighted by molar-refractivity contribution is 5.80. The molecule has 0 bridgehead atoms. The molecule has 3 nitrogen and oxygen atoms in total. The lowest BCUT2D eigenvalue weighted by Gasteiger charge is -2.21. The number of hydrogen-bond acceptors (Lipinski definition) is 1. The lowest BCUT2D eigenvalue weighted by atomic mass is 9.99. The van der Waals surface area contributed by atoms with Crippen molar-refractivity contribution in [3.63, 3.8) is 0 Å². The van der Waals surface area contributed by atoms with Gasteiger partial charge < -0.3 is 10.2 Å². The summed E-state index contributed by atoms with van der Waals surface area (Å²) in [5.74, 6) is 2.63. The Morgan fingerprint density at radius 2 is 2.05 bits per heavy atom. The second-order valence-corrected chi connectivity index (χ2v) is 5.98. The van der Waals surface area contributed by atoms with Gasteiger partial charge in [0.2, 0.25) is 0 Å². The van der Waals surface area contributed by atoms with Crippen molar-refractivity contribution in [2.24, 2.45) is 10.9 Å². The van der Waals surface area contributed by atoms with Crippen LogP contribution in [0.3, 0.4) is 0 Å². The minimum Gasteiger partial charge on any atom is -0.357 e. The van der Waals surface area contributed by atoms with E-state index in [0.717, 1.165) is 38.1 Å². The predicted octanol–water partition coefficient (Wildman–Crippen LogP) is 2.85. The van der Waals surface area contributed by atoms with Crippen LogP contribution in [0.2, 0.25) is 0 Å². The summed E-state index contributed by atoms with van der Waals surface area (Å²) in [5.41, 5.74) is 1.47. The summed E-state index contributed by atoms with van der Waals surface area (Å²) >= 11 is 0. The number of aliphatic imine (C=N–C) groups is 1. The normalized spacial score (nSPS) is 23.1. The molecule has 1 heterocycles. The zero-order valence-electron chi connectivity index (χ0n) is 12.4. The van der Waals surface area contributed by atoms with Crippen molar-refractivity contribution < 1.29 is 0 Å². The highest BCUT2D eigenvalue weighted by atomic mass is 15.3. The van der Waals surface area contributed by atoms with Crippen LogP contribution in [0.1, 0.15) is 37.7 Å².